The van der Waals surface area contributed by atoms with Gasteiger partial charge in [0.25, 0.3) is 11.8 Å². The summed E-state index contributed by atoms with van der Waals surface area (Å²) in [5.41, 5.74) is -2.12. The summed E-state index contributed by atoms with van der Waals surface area (Å²) >= 11 is 0. The lowest BCUT2D eigenvalue weighted by Gasteiger charge is -2.53. The Bertz CT molecular complexity index is 1140. The smallest absolute Gasteiger partial charge is 0.274 e. The van der Waals surface area contributed by atoms with Gasteiger partial charge in [-0.25, -0.2) is 8.78 Å². The molecular formula is C21H21F2N3O5. The monoisotopic (exact) mass is 433 g/mol. The van der Waals surface area contributed by atoms with Crippen molar-refractivity contribution in [3.8, 4) is 5.75 Å². The molecular weight excluding hydrogens is 412 g/mol. The molecule has 1 saturated carbocycles. The number of carbonyl (C=O) groups is 2. The Kier molecular flexibility index (Phi) is 5.04. The van der Waals surface area contributed by atoms with Crippen LogP contribution in [-0.2, 0) is 16.8 Å². The molecule has 0 atom stereocenters. The van der Waals surface area contributed by atoms with Crippen LogP contribution < -0.4 is 10.7 Å². The van der Waals surface area contributed by atoms with E-state index < -0.39 is 40.2 Å². The molecule has 2 aromatic rings. The minimum atomic E-state index is -0.996. The third-order valence-corrected chi connectivity index (χ3v) is 6.02. The van der Waals surface area contributed by atoms with Gasteiger partial charge in [-0.2, -0.15) is 0 Å². The average Bonchev–Trinajstić information content (AvgIpc) is 2.70. The van der Waals surface area contributed by atoms with Crippen molar-refractivity contribution in [3.05, 3.63) is 63.1 Å². The minimum Gasteiger partial charge on any atom is -0.503 e. The number of ether oxygens (including phenoxy) is 1. The molecule has 2 N–H and O–H groups in total. The number of halogens is 2. The molecule has 2 aliphatic rings. The highest BCUT2D eigenvalue weighted by atomic mass is 19.1. The number of hydrogen-bond donors (Lipinski definition) is 2. The van der Waals surface area contributed by atoms with E-state index in [9.17, 15) is 28.3 Å². The molecule has 0 radical (unpaired) electrons. The molecule has 2 heterocycles. The number of carbonyl (C=O) groups excluding carboxylic acids is 2. The average molecular weight is 433 g/mol. The van der Waals surface area contributed by atoms with E-state index in [1.807, 2.05) is 0 Å². The van der Waals surface area contributed by atoms with Crippen LogP contribution in [0.3, 0.4) is 0 Å². The van der Waals surface area contributed by atoms with Crippen LogP contribution in [0.4, 0.5) is 8.78 Å². The van der Waals surface area contributed by atoms with Gasteiger partial charge in [0.1, 0.15) is 17.2 Å². The molecule has 10 heteroatoms. The number of fused-ring (bicyclic) bond motifs is 2. The summed E-state index contributed by atoms with van der Waals surface area (Å²) < 4.78 is 33.7. The van der Waals surface area contributed by atoms with Gasteiger partial charge in [0.2, 0.25) is 5.43 Å². The Labute approximate surface area is 176 Å². The van der Waals surface area contributed by atoms with Gasteiger partial charge in [0, 0.05) is 45.1 Å². The van der Waals surface area contributed by atoms with Crippen LogP contribution in [0.1, 0.15) is 39.3 Å². The number of aromatic nitrogens is 1. The Morgan fingerprint density at radius 2 is 2.03 bits per heavy atom. The van der Waals surface area contributed by atoms with E-state index in [1.165, 1.54) is 21.7 Å². The predicted octanol–water partition coefficient (Wildman–Crippen LogP) is 1.35. The molecule has 1 aromatic heterocycles. The van der Waals surface area contributed by atoms with Gasteiger partial charge in [-0.15, -0.1) is 0 Å². The molecule has 8 nitrogen and oxygen atoms in total. The molecule has 1 spiro atoms. The molecule has 1 aliphatic carbocycles. The summed E-state index contributed by atoms with van der Waals surface area (Å²) in [6.07, 6.45) is 2.30. The first kappa shape index (κ1) is 21.0. The Morgan fingerprint density at radius 3 is 2.68 bits per heavy atom. The van der Waals surface area contributed by atoms with Crippen LogP contribution in [0.5, 0.6) is 5.75 Å². The van der Waals surface area contributed by atoms with E-state index in [-0.39, 0.29) is 29.5 Å². The van der Waals surface area contributed by atoms with Crippen molar-refractivity contribution in [2.24, 2.45) is 0 Å². The van der Waals surface area contributed by atoms with E-state index in [0.29, 0.717) is 25.5 Å². The maximum atomic E-state index is 13.8. The number of nitrogens with zero attached hydrogens (tertiary/aromatic N) is 2. The Morgan fingerprint density at radius 1 is 1.32 bits per heavy atom. The van der Waals surface area contributed by atoms with E-state index in [2.05, 4.69) is 5.32 Å². The second kappa shape index (κ2) is 7.45. The first-order valence-electron chi connectivity index (χ1n) is 9.66. The van der Waals surface area contributed by atoms with E-state index >= 15 is 0 Å². The third-order valence-electron chi connectivity index (χ3n) is 6.02. The third kappa shape index (κ3) is 3.36. The second-order valence-electron chi connectivity index (χ2n) is 8.01. The number of methoxy groups -OCH3 is 1. The summed E-state index contributed by atoms with van der Waals surface area (Å²) in [7, 11) is 3.15. The molecule has 164 valence electrons. The normalized spacial score (nSPS) is 22.3. The SMILES string of the molecule is COC1CC2(C1)CN(C)C(=O)c1c(O)c(=O)c(C(=O)NCc3ccc(F)cc3F)cn12. The van der Waals surface area contributed by atoms with Gasteiger partial charge < -0.3 is 24.6 Å². The van der Waals surface area contributed by atoms with E-state index in [4.69, 9.17) is 4.74 Å². The number of aromatic hydroxyl groups is 1. The fourth-order valence-corrected chi connectivity index (χ4v) is 4.33. The van der Waals surface area contributed by atoms with Gasteiger partial charge in [-0.05, 0) is 18.9 Å². The molecule has 1 fully saturated rings. The van der Waals surface area contributed by atoms with Crippen LogP contribution in [-0.4, -0.2) is 53.2 Å². The zero-order chi connectivity index (χ0) is 22.5. The first-order chi connectivity index (χ1) is 14.7. The number of amides is 2. The molecule has 1 aromatic carbocycles. The lowest BCUT2D eigenvalue weighted by atomic mass is 9.72. The number of hydrogen-bond acceptors (Lipinski definition) is 5. The first-order valence-corrected chi connectivity index (χ1v) is 9.66. The number of nitrogens with one attached hydrogen (secondary N) is 1. The molecule has 0 saturated heterocycles. The van der Waals surface area contributed by atoms with Crippen LogP contribution in [0.2, 0.25) is 0 Å². The van der Waals surface area contributed by atoms with Crippen molar-refractivity contribution in [2.75, 3.05) is 20.7 Å². The second-order valence-corrected chi connectivity index (χ2v) is 8.01. The quantitative estimate of drug-likeness (QED) is 0.758. The van der Waals surface area contributed by atoms with Crippen molar-refractivity contribution in [3.63, 3.8) is 0 Å². The largest absolute Gasteiger partial charge is 0.503 e. The molecule has 2 amide bonds. The fraction of sp³-hybridized carbons (Fsp3) is 0.381. The molecule has 0 bridgehead atoms. The van der Waals surface area contributed by atoms with Crippen molar-refractivity contribution >= 4 is 11.8 Å². The predicted molar refractivity (Wildman–Crippen MR) is 105 cm³/mol. The maximum Gasteiger partial charge on any atom is 0.274 e. The number of rotatable bonds is 4. The maximum absolute atomic E-state index is 13.8. The van der Waals surface area contributed by atoms with E-state index in [0.717, 1.165) is 6.07 Å². The molecule has 4 rings (SSSR count). The summed E-state index contributed by atoms with van der Waals surface area (Å²) in [6, 6.07) is 2.93. The highest BCUT2D eigenvalue weighted by Gasteiger charge is 2.52. The standard InChI is InChI=1S/C21H21F2N3O5/c1-25-10-21(6-13(7-21)31-2)26-9-14(17(27)18(28)16(26)20(25)30)19(29)24-8-11-3-4-12(22)5-15(11)23/h3-5,9,13,28H,6-8,10H2,1-2H3,(H,24,29). The van der Waals surface area contributed by atoms with Crippen molar-refractivity contribution < 1.29 is 28.2 Å². The number of likely N-dealkylation sites (N-methyl/N-ethyl adjacent to an activating group) is 1. The minimum absolute atomic E-state index is 0.0345. The van der Waals surface area contributed by atoms with Gasteiger partial charge in [0.15, 0.2) is 11.4 Å². The van der Waals surface area contributed by atoms with Crippen molar-refractivity contribution in [1.82, 2.24) is 14.8 Å². The topological polar surface area (TPSA) is 101 Å². The van der Waals surface area contributed by atoms with Crippen LogP contribution >= 0.6 is 0 Å². The summed E-state index contributed by atoms with van der Waals surface area (Å²) in [5.74, 6) is -3.76. The highest BCUT2D eigenvalue weighted by Crippen LogP contribution is 2.45. The zero-order valence-corrected chi connectivity index (χ0v) is 16.9. The Balaban J connectivity index is 1.69. The van der Waals surface area contributed by atoms with Crippen molar-refractivity contribution in [1.29, 1.82) is 0 Å². The van der Waals surface area contributed by atoms with Crippen LogP contribution in [0.15, 0.2) is 29.2 Å². The summed E-state index contributed by atoms with van der Waals surface area (Å²) in [4.78, 5) is 39.4. The molecule has 1 aliphatic heterocycles. The number of pyridine rings is 1. The number of benzene rings is 1. The van der Waals surface area contributed by atoms with Crippen LogP contribution in [0.25, 0.3) is 0 Å². The summed E-state index contributed by atoms with van der Waals surface area (Å²) in [6.45, 7) is 0.0499. The van der Waals surface area contributed by atoms with Crippen molar-refractivity contribution in [2.45, 2.75) is 31.0 Å². The van der Waals surface area contributed by atoms with Gasteiger partial charge in [0.05, 0.1) is 11.6 Å². The van der Waals surface area contributed by atoms with E-state index in [1.54, 1.807) is 14.2 Å². The zero-order valence-electron chi connectivity index (χ0n) is 16.9. The van der Waals surface area contributed by atoms with Gasteiger partial charge >= 0.3 is 0 Å². The van der Waals surface area contributed by atoms with Gasteiger partial charge in [-0.3, -0.25) is 14.4 Å². The fourth-order valence-electron chi connectivity index (χ4n) is 4.33. The lowest BCUT2D eigenvalue weighted by molar-refractivity contribution is -0.0673. The highest BCUT2D eigenvalue weighted by molar-refractivity contribution is 5.99. The van der Waals surface area contributed by atoms with Crippen LogP contribution in [0, 0.1) is 11.6 Å². The Hall–Kier alpha value is -3.27. The summed E-state index contributed by atoms with van der Waals surface area (Å²) in [5, 5.41) is 12.9. The van der Waals surface area contributed by atoms with Gasteiger partial charge in [-0.1, -0.05) is 6.07 Å². The lowest BCUT2D eigenvalue weighted by Crippen LogP contribution is -2.61. The molecule has 0 unspecified atom stereocenters. The molecule has 31 heavy (non-hydrogen) atoms.